The van der Waals surface area contributed by atoms with E-state index in [9.17, 15) is 28.8 Å². The number of carboxylic acid groups (broad SMARTS) is 1. The van der Waals surface area contributed by atoms with Crippen LogP contribution in [0.2, 0.25) is 0 Å². The lowest BCUT2D eigenvalue weighted by Gasteiger charge is -2.54. The van der Waals surface area contributed by atoms with Gasteiger partial charge in [-0.25, -0.2) is 9.69 Å². The summed E-state index contributed by atoms with van der Waals surface area (Å²) in [4.78, 5) is 50.0. The summed E-state index contributed by atoms with van der Waals surface area (Å²) in [5.74, 6) is -3.80. The van der Waals surface area contributed by atoms with Crippen molar-refractivity contribution in [3.63, 3.8) is 0 Å². The predicted octanol–water partition coefficient (Wildman–Crippen LogP) is -0.392. The van der Waals surface area contributed by atoms with Crippen LogP contribution in [0.25, 0.3) is 0 Å². The van der Waals surface area contributed by atoms with E-state index < -0.39 is 51.5 Å². The number of fused-ring (bicyclic) bond motifs is 1. The number of ketones is 1. The van der Waals surface area contributed by atoms with E-state index >= 15 is 0 Å². The zero-order valence-corrected chi connectivity index (χ0v) is 16.0. The second kappa shape index (κ2) is 7.08. The minimum atomic E-state index is -1.93. The Morgan fingerprint density at radius 1 is 1.52 bits per heavy atom. The zero-order chi connectivity index (χ0) is 19.9. The van der Waals surface area contributed by atoms with Crippen molar-refractivity contribution < 1.29 is 33.6 Å². The third kappa shape index (κ3) is 3.06. The number of amides is 2. The van der Waals surface area contributed by atoms with Crippen LogP contribution in [0, 0.1) is 0 Å². The van der Waals surface area contributed by atoms with Gasteiger partial charge in [0.05, 0.1) is 12.0 Å². The van der Waals surface area contributed by atoms with Crippen LogP contribution >= 0.6 is 11.3 Å². The van der Waals surface area contributed by atoms with Gasteiger partial charge in [0.1, 0.15) is 11.4 Å². The van der Waals surface area contributed by atoms with Crippen LogP contribution in [0.15, 0.2) is 28.8 Å². The van der Waals surface area contributed by atoms with Crippen LogP contribution in [-0.4, -0.2) is 62.1 Å². The summed E-state index contributed by atoms with van der Waals surface area (Å²) in [5, 5.41) is 12.5. The molecule has 9 nitrogen and oxygen atoms in total. The highest BCUT2D eigenvalue weighted by Gasteiger charge is 2.72. The van der Waals surface area contributed by atoms with Crippen LogP contribution in [0.1, 0.15) is 11.8 Å². The number of nitrogens with one attached hydrogen (secondary N) is 1. The van der Waals surface area contributed by atoms with E-state index in [1.165, 1.54) is 18.4 Å². The Hall–Kier alpha value is -2.21. The highest BCUT2D eigenvalue weighted by atomic mass is 32.2. The van der Waals surface area contributed by atoms with Crippen molar-refractivity contribution in [1.29, 1.82) is 0 Å². The fourth-order valence-corrected chi connectivity index (χ4v) is 5.69. The van der Waals surface area contributed by atoms with Crippen LogP contribution in [0.3, 0.4) is 0 Å². The van der Waals surface area contributed by atoms with Gasteiger partial charge < -0.3 is 19.7 Å². The molecule has 3 rings (SSSR count). The number of ether oxygens (including phenoxy) is 1. The normalized spacial score (nSPS) is 27.1. The number of methoxy groups -OCH3 is 1. The van der Waals surface area contributed by atoms with E-state index in [1.54, 1.807) is 17.5 Å². The highest BCUT2D eigenvalue weighted by molar-refractivity contribution is 7.92. The quantitative estimate of drug-likeness (QED) is 0.369. The minimum Gasteiger partial charge on any atom is -0.614 e. The number of β-lactam (4-membered cyclic amide) rings is 1. The van der Waals surface area contributed by atoms with E-state index in [4.69, 9.17) is 4.74 Å². The lowest BCUT2D eigenvalue weighted by molar-refractivity contribution is -0.193. The van der Waals surface area contributed by atoms with Crippen molar-refractivity contribution in [3.8, 4) is 0 Å². The molecule has 27 heavy (non-hydrogen) atoms. The Bertz CT molecular complexity index is 851. The minimum absolute atomic E-state index is 0.00423. The van der Waals surface area contributed by atoms with Crippen molar-refractivity contribution in [1.82, 2.24) is 10.2 Å². The fraction of sp³-hybridized carbons (Fsp3) is 0.375. The summed E-state index contributed by atoms with van der Waals surface area (Å²) in [6.07, 6.45) is -0.00423. The number of nitrogens with zero attached hydrogens (tertiary/aromatic N) is 1. The van der Waals surface area contributed by atoms with Crippen molar-refractivity contribution in [2.75, 3.05) is 12.9 Å². The van der Waals surface area contributed by atoms with E-state index in [1.807, 2.05) is 0 Å². The average Bonchev–Trinajstić information content (AvgIpc) is 3.10. The molecule has 0 radical (unpaired) electrons. The first kappa shape index (κ1) is 19.5. The van der Waals surface area contributed by atoms with E-state index in [0.717, 1.165) is 16.7 Å². The van der Waals surface area contributed by atoms with Crippen molar-refractivity contribution in [3.05, 3.63) is 33.7 Å². The number of aliphatic carboxylic acids is 1. The molecule has 0 bridgehead atoms. The number of carbonyl (C=O) groups excluding carboxylic acids is 3. The van der Waals surface area contributed by atoms with E-state index in [0.29, 0.717) is 0 Å². The topological polar surface area (TPSA) is 136 Å². The molecule has 0 spiro atoms. The highest BCUT2D eigenvalue weighted by Crippen LogP contribution is 2.43. The largest absolute Gasteiger partial charge is 0.614 e. The van der Waals surface area contributed by atoms with E-state index in [-0.39, 0.29) is 17.7 Å². The van der Waals surface area contributed by atoms with Gasteiger partial charge in [-0.1, -0.05) is 6.07 Å². The maximum atomic E-state index is 12.8. The van der Waals surface area contributed by atoms with Crippen LogP contribution in [-0.2, 0) is 41.5 Å². The summed E-state index contributed by atoms with van der Waals surface area (Å²) < 4.78 is 17.9. The van der Waals surface area contributed by atoms with Gasteiger partial charge in [0, 0.05) is 12.0 Å². The molecule has 2 aliphatic rings. The predicted molar refractivity (Wildman–Crippen MR) is 94.9 cm³/mol. The van der Waals surface area contributed by atoms with Gasteiger partial charge in [0.25, 0.3) is 17.0 Å². The molecular formula is C16H16N2O7S2. The molecule has 11 heteroatoms. The monoisotopic (exact) mass is 412 g/mol. The van der Waals surface area contributed by atoms with Gasteiger partial charge in [0.15, 0.2) is 5.78 Å². The molecule has 0 aromatic carbocycles. The van der Waals surface area contributed by atoms with Crippen LogP contribution < -0.4 is 5.32 Å². The number of hydrogen-bond acceptors (Lipinski definition) is 7. The Balaban J connectivity index is 1.92. The molecule has 1 saturated heterocycles. The average molecular weight is 412 g/mol. The first-order valence-electron chi connectivity index (χ1n) is 7.79. The van der Waals surface area contributed by atoms with Gasteiger partial charge in [-0.05, 0) is 29.5 Å². The van der Waals surface area contributed by atoms with Gasteiger partial charge >= 0.3 is 5.97 Å². The van der Waals surface area contributed by atoms with Crippen molar-refractivity contribution in [2.45, 2.75) is 24.4 Å². The molecule has 1 aromatic rings. The molecule has 0 aliphatic carbocycles. The Kier molecular flexibility index (Phi) is 5.12. The van der Waals surface area contributed by atoms with Crippen LogP contribution in [0.4, 0.5) is 0 Å². The Morgan fingerprint density at radius 2 is 2.22 bits per heavy atom. The number of thiophene rings is 1. The third-order valence-corrected chi connectivity index (χ3v) is 6.86. The maximum absolute atomic E-state index is 12.8. The summed E-state index contributed by atoms with van der Waals surface area (Å²) in [5.41, 5.74) is -2.64. The molecule has 3 atom stereocenters. The lowest BCUT2D eigenvalue weighted by Crippen LogP contribution is -2.84. The molecule has 2 aliphatic heterocycles. The van der Waals surface area contributed by atoms with Crippen molar-refractivity contribution in [2.24, 2.45) is 0 Å². The maximum Gasteiger partial charge on any atom is 0.353 e. The molecule has 3 heterocycles. The van der Waals surface area contributed by atoms with Gasteiger partial charge in [-0.3, -0.25) is 14.4 Å². The standard InChI is InChI=1S/C16H16N2O7S2/c1-8(19)10-7-27(24)15-16(25-2,14(23)18(15)12(10)13(21)22)17-11(20)6-9-4-3-5-26-9/h3-5,15H,6-7H2,1-2H3,(H,17,20)(H,21,22)/t15-,16?,27?/m0/s1. The lowest BCUT2D eigenvalue weighted by atomic mass is 9.97. The number of carbonyl (C=O) groups is 4. The SMILES string of the molecule is COC1(NC(=O)Cc2cccs2)C(=O)N2C(C(=O)O)=C(C(C)=O)C[S+]([O-])[C@H]21. The Morgan fingerprint density at radius 3 is 2.74 bits per heavy atom. The second-order valence-corrected chi connectivity index (χ2v) is 8.51. The smallest absolute Gasteiger partial charge is 0.353 e. The summed E-state index contributed by atoms with van der Waals surface area (Å²) in [6, 6.07) is 3.53. The van der Waals surface area contributed by atoms with Gasteiger partial charge in [-0.15, -0.1) is 11.3 Å². The molecule has 2 amide bonds. The van der Waals surface area contributed by atoms with Gasteiger partial charge in [-0.2, -0.15) is 0 Å². The summed E-state index contributed by atoms with van der Waals surface area (Å²) in [7, 11) is 1.17. The van der Waals surface area contributed by atoms with E-state index in [2.05, 4.69) is 5.32 Å². The molecule has 1 aromatic heterocycles. The molecule has 144 valence electrons. The number of hydrogen-bond donors (Lipinski definition) is 2. The summed E-state index contributed by atoms with van der Waals surface area (Å²) in [6.45, 7) is 1.15. The molecule has 0 saturated carbocycles. The molecule has 2 unspecified atom stereocenters. The summed E-state index contributed by atoms with van der Waals surface area (Å²) >= 11 is -0.473. The number of rotatable bonds is 6. The Labute approximate surface area is 161 Å². The fourth-order valence-electron chi connectivity index (χ4n) is 3.14. The molecular weight excluding hydrogens is 396 g/mol. The second-order valence-electron chi connectivity index (χ2n) is 5.99. The number of carboxylic acids is 1. The van der Waals surface area contributed by atoms with Crippen molar-refractivity contribution >= 4 is 46.1 Å². The number of Topliss-reactive ketones (excluding diaryl/α,β-unsaturated/α-hetero) is 1. The van der Waals surface area contributed by atoms with Crippen LogP contribution in [0.5, 0.6) is 0 Å². The van der Waals surface area contributed by atoms with Gasteiger partial charge in [0.2, 0.25) is 5.91 Å². The first-order chi connectivity index (χ1) is 12.7. The zero-order valence-electron chi connectivity index (χ0n) is 14.4. The first-order valence-corrected chi connectivity index (χ1v) is 10.1. The molecule has 1 fully saturated rings. The molecule has 2 N–H and O–H groups in total. The third-order valence-electron chi connectivity index (χ3n) is 4.37.